The van der Waals surface area contributed by atoms with E-state index in [1.807, 2.05) is 41.5 Å². The van der Waals surface area contributed by atoms with Crippen LogP contribution in [0.4, 0.5) is 0 Å². The SMILES string of the molecule is C/C=C/C[C@@H](C)[C@@H](O)[C@H]1C(=O)N[C@@H](CC)C(=O)C[C@H](C)C(=O)N(C)[C@@H](C(C)(C)C=O)C(=O)C[C@@H](C(C)C)C(=O)N(C)[C@@H](CC(C)C)C(=O)C[C@@H](C)C(=O)N[C@H](C)C(=O)N(C)[C@@H](CC(C)C)C(=O)C[C@@H](CC(C)C)C(=O)N(C)[C@@H](C(C)C)C(=O)N1C. The molecule has 7 amide bonds. The maximum absolute atomic E-state index is 15.1. The molecular formula is C65H111N7O13. The lowest BCUT2D eigenvalue weighted by molar-refractivity contribution is -0.155. The third-order valence-corrected chi connectivity index (χ3v) is 17.0. The number of rotatable bonds is 15. The van der Waals surface area contributed by atoms with E-state index in [0.717, 1.165) is 9.80 Å². The summed E-state index contributed by atoms with van der Waals surface area (Å²) in [6.07, 6.45) is 2.17. The Balaban J connectivity index is 4.32. The van der Waals surface area contributed by atoms with Crippen LogP contribution < -0.4 is 10.6 Å². The van der Waals surface area contributed by atoms with Gasteiger partial charge in [0.25, 0.3) is 0 Å². The molecule has 0 bridgehead atoms. The number of aliphatic hydroxyl groups is 1. The van der Waals surface area contributed by atoms with Crippen LogP contribution >= 0.6 is 0 Å². The van der Waals surface area contributed by atoms with Crippen molar-refractivity contribution in [3.8, 4) is 0 Å². The highest BCUT2D eigenvalue weighted by Gasteiger charge is 2.46. The Morgan fingerprint density at radius 1 is 0.541 bits per heavy atom. The lowest BCUT2D eigenvalue weighted by Gasteiger charge is -2.40. The molecule has 20 heteroatoms. The largest absolute Gasteiger partial charge is 0.390 e. The molecule has 1 saturated heterocycles. The van der Waals surface area contributed by atoms with Crippen molar-refractivity contribution < 1.29 is 62.6 Å². The van der Waals surface area contributed by atoms with E-state index in [1.165, 1.54) is 84.6 Å². The topological polar surface area (TPSA) is 265 Å². The first-order valence-corrected chi connectivity index (χ1v) is 31.0. The van der Waals surface area contributed by atoms with E-state index in [2.05, 4.69) is 10.6 Å². The average Bonchev–Trinajstić information content (AvgIpc) is 3.63. The molecule has 0 aromatic carbocycles. The second-order valence-corrected chi connectivity index (χ2v) is 27.1. The monoisotopic (exact) mass is 1200 g/mol. The molecule has 1 aliphatic rings. The van der Waals surface area contributed by atoms with Gasteiger partial charge < -0.3 is 45.0 Å². The smallest absolute Gasteiger partial charge is 0.246 e. The number of ketones is 4. The standard InChI is InChI=1S/C65H111N7O13/c1-24-26-27-41(13)56(78)55-59(80)67-47(25-2)50(74)32-43(15)60(81)72(23)57(65(17,18)35-73)53(77)34-46(39(9)10)63(84)69(20)48(29-37(5)6)51(75)31-42(14)58(79)66-44(16)61(82)68(19)49(30-38(7)8)52(76)33-45(28-36(3)4)62(83)70(21)54(40(11)12)64(85)71(55)22/h24,26,35-49,54-57,78H,25,27-34H2,1-23H3,(H,66,79)(H,67,80)/b26-24+/t41-,42-,43+,44-,45-,46+,47+,48+,49+,54+,55+,56-,57-/m1/s1. The molecule has 0 aromatic heterocycles. The number of Topliss-reactive ketones (excluding diaryl/α,β-unsaturated/α-hetero) is 4. The first-order chi connectivity index (χ1) is 39.2. The maximum atomic E-state index is 15.1. The minimum atomic E-state index is -1.60. The fourth-order valence-corrected chi connectivity index (χ4v) is 11.8. The third-order valence-electron chi connectivity index (χ3n) is 17.0. The Bertz CT molecular complexity index is 2360. The summed E-state index contributed by atoms with van der Waals surface area (Å²) in [5.74, 6) is -12.6. The van der Waals surface area contributed by atoms with Gasteiger partial charge in [0.05, 0.1) is 24.2 Å². The Kier molecular flexibility index (Phi) is 31.5. The van der Waals surface area contributed by atoms with Crippen molar-refractivity contribution in [3.63, 3.8) is 0 Å². The van der Waals surface area contributed by atoms with Crippen molar-refractivity contribution in [2.24, 2.45) is 64.6 Å². The Morgan fingerprint density at radius 3 is 1.48 bits per heavy atom. The molecule has 1 fully saturated rings. The van der Waals surface area contributed by atoms with Crippen molar-refractivity contribution in [1.82, 2.24) is 35.1 Å². The lowest BCUT2D eigenvalue weighted by Crippen LogP contribution is -2.62. The molecule has 0 unspecified atom stereocenters. The molecule has 0 aromatic rings. The first-order valence-electron chi connectivity index (χ1n) is 31.0. The summed E-state index contributed by atoms with van der Waals surface area (Å²) in [5.41, 5.74) is -1.49. The van der Waals surface area contributed by atoms with Gasteiger partial charge in [-0.05, 0) is 81.5 Å². The highest BCUT2D eigenvalue weighted by Crippen LogP contribution is 2.32. The van der Waals surface area contributed by atoms with Crippen LogP contribution in [-0.4, -0.2) is 184 Å². The van der Waals surface area contributed by atoms with E-state index >= 15 is 4.79 Å². The molecular weight excluding hydrogens is 1090 g/mol. The highest BCUT2D eigenvalue weighted by atomic mass is 16.3. The van der Waals surface area contributed by atoms with E-state index in [9.17, 15) is 57.8 Å². The Labute approximate surface area is 509 Å². The predicted molar refractivity (Wildman–Crippen MR) is 329 cm³/mol. The van der Waals surface area contributed by atoms with Crippen LogP contribution in [0.2, 0.25) is 0 Å². The van der Waals surface area contributed by atoms with Gasteiger partial charge in [0.2, 0.25) is 41.4 Å². The molecule has 484 valence electrons. The number of nitrogens with zero attached hydrogens (tertiary/aromatic N) is 5. The van der Waals surface area contributed by atoms with Crippen LogP contribution in [-0.2, 0) is 57.5 Å². The minimum Gasteiger partial charge on any atom is -0.390 e. The van der Waals surface area contributed by atoms with Gasteiger partial charge in [-0.3, -0.25) is 52.7 Å². The number of amides is 7. The maximum Gasteiger partial charge on any atom is 0.246 e. The number of hydrogen-bond acceptors (Lipinski definition) is 13. The lowest BCUT2D eigenvalue weighted by atomic mass is 9.77. The fourth-order valence-electron chi connectivity index (χ4n) is 11.8. The summed E-state index contributed by atoms with van der Waals surface area (Å²) >= 11 is 0. The summed E-state index contributed by atoms with van der Waals surface area (Å²) in [6.45, 7) is 30.9. The molecule has 3 N–H and O–H groups in total. The van der Waals surface area contributed by atoms with Crippen molar-refractivity contribution in [3.05, 3.63) is 12.2 Å². The summed E-state index contributed by atoms with van der Waals surface area (Å²) < 4.78 is 0. The highest BCUT2D eigenvalue weighted by molar-refractivity contribution is 6.00. The van der Waals surface area contributed by atoms with E-state index in [1.54, 1.807) is 60.6 Å². The quantitative estimate of drug-likeness (QED) is 0.117. The normalized spacial score (nSPS) is 28.0. The van der Waals surface area contributed by atoms with Crippen LogP contribution in [0, 0.1) is 64.6 Å². The Hall–Kier alpha value is -5.66. The summed E-state index contributed by atoms with van der Waals surface area (Å²) in [7, 11) is 7.09. The van der Waals surface area contributed by atoms with E-state index in [0.29, 0.717) is 12.7 Å². The number of hydrogen-bond donors (Lipinski definition) is 3. The van der Waals surface area contributed by atoms with Gasteiger partial charge in [0, 0.05) is 90.0 Å². The molecule has 85 heavy (non-hydrogen) atoms. The minimum absolute atomic E-state index is 0.0365. The van der Waals surface area contributed by atoms with Crippen LogP contribution in [0.1, 0.15) is 182 Å². The van der Waals surface area contributed by atoms with Gasteiger partial charge >= 0.3 is 0 Å². The molecule has 1 rings (SSSR count). The summed E-state index contributed by atoms with van der Waals surface area (Å²) in [5, 5.41) is 17.5. The molecule has 20 nitrogen and oxygen atoms in total. The van der Waals surface area contributed by atoms with Gasteiger partial charge in [0.1, 0.15) is 30.5 Å². The van der Waals surface area contributed by atoms with Crippen LogP contribution in [0.25, 0.3) is 0 Å². The summed E-state index contributed by atoms with van der Waals surface area (Å²) in [4.78, 5) is 179. The molecule has 0 aliphatic carbocycles. The van der Waals surface area contributed by atoms with Crippen LogP contribution in [0.3, 0.4) is 0 Å². The average molecular weight is 1200 g/mol. The third kappa shape index (κ3) is 21.6. The van der Waals surface area contributed by atoms with Gasteiger partial charge in [-0.25, -0.2) is 0 Å². The second kappa shape index (κ2) is 34.6. The first kappa shape index (κ1) is 77.4. The molecule has 0 spiro atoms. The van der Waals surface area contributed by atoms with Crippen molar-refractivity contribution in [2.45, 2.75) is 231 Å². The van der Waals surface area contributed by atoms with Gasteiger partial charge in [0.15, 0.2) is 23.1 Å². The van der Waals surface area contributed by atoms with Gasteiger partial charge in [-0.15, -0.1) is 0 Å². The van der Waals surface area contributed by atoms with E-state index < -0.39 is 173 Å². The van der Waals surface area contributed by atoms with E-state index in [-0.39, 0.29) is 56.3 Å². The summed E-state index contributed by atoms with van der Waals surface area (Å²) in [6, 6.07) is -8.69. The number of carbonyl (C=O) groups is 12. The fraction of sp³-hybridized carbons (Fsp3) is 0.785. The van der Waals surface area contributed by atoms with Crippen LogP contribution in [0.15, 0.2) is 12.2 Å². The van der Waals surface area contributed by atoms with E-state index in [4.69, 9.17) is 0 Å². The number of allylic oxidation sites excluding steroid dienone is 2. The second-order valence-electron chi connectivity index (χ2n) is 27.1. The van der Waals surface area contributed by atoms with Gasteiger partial charge in [-0.1, -0.05) is 123 Å². The molecule has 1 heterocycles. The van der Waals surface area contributed by atoms with Crippen molar-refractivity contribution in [1.29, 1.82) is 0 Å². The molecule has 0 radical (unpaired) electrons. The number of aldehydes is 1. The number of aliphatic hydroxyl groups excluding tert-OH is 1. The zero-order valence-electron chi connectivity index (χ0n) is 56.1. The zero-order valence-corrected chi connectivity index (χ0v) is 56.1. The molecule has 13 atom stereocenters. The van der Waals surface area contributed by atoms with Crippen LogP contribution in [0.5, 0.6) is 0 Å². The number of likely N-dealkylation sites (N-methyl/N-ethyl adjacent to an activating group) is 5. The van der Waals surface area contributed by atoms with Gasteiger partial charge in [-0.2, -0.15) is 0 Å². The van der Waals surface area contributed by atoms with Crippen molar-refractivity contribution in [2.75, 3.05) is 35.2 Å². The number of nitrogens with one attached hydrogen (secondary N) is 2. The Morgan fingerprint density at radius 2 is 1.02 bits per heavy atom. The number of carbonyl (C=O) groups excluding carboxylic acids is 12. The molecule has 1 aliphatic heterocycles. The zero-order chi connectivity index (χ0) is 66.0. The predicted octanol–water partition coefficient (Wildman–Crippen LogP) is 6.51. The van der Waals surface area contributed by atoms with Crippen molar-refractivity contribution >= 4 is 70.8 Å². The molecule has 0 saturated carbocycles.